The molecule has 124 valence electrons. The Morgan fingerprint density at radius 1 is 1.12 bits per heavy atom. The molecule has 0 radical (unpaired) electrons. The first kappa shape index (κ1) is 16.3. The molecule has 0 saturated carbocycles. The van der Waals surface area contributed by atoms with Gasteiger partial charge in [-0.1, -0.05) is 43.7 Å². The van der Waals surface area contributed by atoms with Crippen LogP contribution in [-0.4, -0.2) is 5.78 Å². The molecule has 0 bridgehead atoms. The number of carbonyl (C=O) groups is 1. The molecule has 3 nitrogen and oxygen atoms in total. The van der Waals surface area contributed by atoms with Crippen LogP contribution in [0.4, 0.5) is 0 Å². The van der Waals surface area contributed by atoms with Gasteiger partial charge in [0.1, 0.15) is 23.7 Å². The van der Waals surface area contributed by atoms with Crippen LogP contribution in [0.3, 0.4) is 0 Å². The molecule has 24 heavy (non-hydrogen) atoms. The van der Waals surface area contributed by atoms with Gasteiger partial charge in [-0.2, -0.15) is 0 Å². The molecule has 1 heterocycles. The summed E-state index contributed by atoms with van der Waals surface area (Å²) in [6.45, 7) is 4.18. The fourth-order valence-corrected chi connectivity index (χ4v) is 2.81. The maximum Gasteiger partial charge on any atom is 0.159 e. The molecule has 0 fully saturated rings. The molecule has 0 aliphatic heterocycles. The Labute approximate surface area is 142 Å². The van der Waals surface area contributed by atoms with E-state index in [1.807, 2.05) is 30.3 Å². The molecule has 0 spiro atoms. The summed E-state index contributed by atoms with van der Waals surface area (Å²) in [5.41, 5.74) is 2.67. The van der Waals surface area contributed by atoms with Gasteiger partial charge in [-0.3, -0.25) is 4.79 Å². The normalized spacial score (nSPS) is 10.9. The van der Waals surface area contributed by atoms with E-state index in [1.54, 1.807) is 19.1 Å². The number of carbonyl (C=O) groups excluding carboxylic acids is 1. The largest absolute Gasteiger partial charge is 0.489 e. The Balaban J connectivity index is 1.86. The first-order valence-electron chi connectivity index (χ1n) is 8.42. The highest BCUT2D eigenvalue weighted by molar-refractivity contribution is 5.94. The van der Waals surface area contributed by atoms with Crippen molar-refractivity contribution in [2.45, 2.75) is 39.7 Å². The number of hydrogen-bond acceptors (Lipinski definition) is 3. The minimum absolute atomic E-state index is 0.0397. The first-order valence-corrected chi connectivity index (χ1v) is 8.42. The number of benzene rings is 2. The Morgan fingerprint density at radius 2 is 1.96 bits per heavy atom. The summed E-state index contributed by atoms with van der Waals surface area (Å²) in [4.78, 5) is 11.5. The third-order valence-corrected chi connectivity index (χ3v) is 4.16. The molecule has 0 atom stereocenters. The average Bonchev–Trinajstić information content (AvgIpc) is 2.96. The minimum Gasteiger partial charge on any atom is -0.489 e. The Hall–Kier alpha value is -2.55. The smallest absolute Gasteiger partial charge is 0.159 e. The Bertz CT molecular complexity index is 845. The van der Waals surface area contributed by atoms with E-state index >= 15 is 0 Å². The zero-order valence-electron chi connectivity index (χ0n) is 14.2. The fourth-order valence-electron chi connectivity index (χ4n) is 2.81. The van der Waals surface area contributed by atoms with Gasteiger partial charge < -0.3 is 9.15 Å². The van der Waals surface area contributed by atoms with E-state index in [0.29, 0.717) is 17.9 Å². The molecule has 3 heteroatoms. The monoisotopic (exact) mass is 322 g/mol. The summed E-state index contributed by atoms with van der Waals surface area (Å²) in [5, 5.41) is 1.10. The maximum absolute atomic E-state index is 11.5. The predicted octanol–water partition coefficient (Wildman–Crippen LogP) is 5.56. The number of furan rings is 1. The molecule has 0 N–H and O–H groups in total. The SMILES string of the molecule is CCCCc1oc2ccccc2c1COc1cccc(C(C)=O)c1. The van der Waals surface area contributed by atoms with Crippen molar-refractivity contribution >= 4 is 16.8 Å². The highest BCUT2D eigenvalue weighted by Gasteiger charge is 2.14. The summed E-state index contributed by atoms with van der Waals surface area (Å²) < 4.78 is 12.0. The summed E-state index contributed by atoms with van der Waals surface area (Å²) in [7, 11) is 0. The summed E-state index contributed by atoms with van der Waals surface area (Å²) in [5.74, 6) is 1.74. The zero-order valence-corrected chi connectivity index (χ0v) is 14.2. The number of unbranched alkanes of at least 4 members (excludes halogenated alkanes) is 1. The second-order valence-corrected chi connectivity index (χ2v) is 5.98. The van der Waals surface area contributed by atoms with Gasteiger partial charge in [0.05, 0.1) is 0 Å². The molecule has 0 unspecified atom stereocenters. The highest BCUT2D eigenvalue weighted by atomic mass is 16.5. The van der Waals surface area contributed by atoms with Crippen molar-refractivity contribution in [3.63, 3.8) is 0 Å². The predicted molar refractivity (Wildman–Crippen MR) is 95.6 cm³/mol. The van der Waals surface area contributed by atoms with Crippen LogP contribution in [0.1, 0.15) is 48.4 Å². The fraction of sp³-hybridized carbons (Fsp3) is 0.286. The first-order chi connectivity index (χ1) is 11.7. The summed E-state index contributed by atoms with van der Waals surface area (Å²) in [6.07, 6.45) is 3.13. The molecule has 3 rings (SSSR count). The van der Waals surface area contributed by atoms with Crippen LogP contribution in [0, 0.1) is 0 Å². The lowest BCUT2D eigenvalue weighted by Gasteiger charge is -2.08. The standard InChI is InChI=1S/C21H22O3/c1-3-4-11-21-19(18-10-5-6-12-20(18)24-21)14-23-17-9-7-8-16(13-17)15(2)22/h5-10,12-13H,3-4,11,14H2,1-2H3. The number of hydrogen-bond donors (Lipinski definition) is 0. The van der Waals surface area contributed by atoms with Crippen molar-refractivity contribution in [3.05, 3.63) is 65.4 Å². The lowest BCUT2D eigenvalue weighted by molar-refractivity contribution is 0.101. The van der Waals surface area contributed by atoms with E-state index in [4.69, 9.17) is 9.15 Å². The van der Waals surface area contributed by atoms with Gasteiger partial charge in [-0.25, -0.2) is 0 Å². The second-order valence-electron chi connectivity index (χ2n) is 5.98. The molecule has 1 aromatic heterocycles. The van der Waals surface area contributed by atoms with Crippen molar-refractivity contribution in [2.24, 2.45) is 0 Å². The zero-order chi connectivity index (χ0) is 16.9. The van der Waals surface area contributed by atoms with Gasteiger partial charge in [0, 0.05) is 22.9 Å². The molecular weight excluding hydrogens is 300 g/mol. The summed E-state index contributed by atoms with van der Waals surface area (Å²) in [6, 6.07) is 15.4. The van der Waals surface area contributed by atoms with Crippen molar-refractivity contribution < 1.29 is 13.9 Å². The lowest BCUT2D eigenvalue weighted by Crippen LogP contribution is -2.00. The van der Waals surface area contributed by atoms with Gasteiger partial charge >= 0.3 is 0 Å². The molecule has 2 aromatic carbocycles. The van der Waals surface area contributed by atoms with E-state index in [-0.39, 0.29) is 5.78 Å². The van der Waals surface area contributed by atoms with Crippen LogP contribution < -0.4 is 4.74 Å². The van der Waals surface area contributed by atoms with Crippen LogP contribution in [0.2, 0.25) is 0 Å². The van der Waals surface area contributed by atoms with Crippen molar-refractivity contribution in [1.29, 1.82) is 0 Å². The topological polar surface area (TPSA) is 39.4 Å². The number of aryl methyl sites for hydroxylation is 1. The molecule has 0 aliphatic carbocycles. The number of fused-ring (bicyclic) bond motifs is 1. The number of ketones is 1. The van der Waals surface area contributed by atoms with Crippen molar-refractivity contribution in [3.8, 4) is 5.75 Å². The Morgan fingerprint density at radius 3 is 2.75 bits per heavy atom. The third-order valence-electron chi connectivity index (χ3n) is 4.16. The molecule has 0 saturated heterocycles. The molecule has 3 aromatic rings. The maximum atomic E-state index is 11.5. The molecule has 0 amide bonds. The summed E-state index contributed by atoms with van der Waals surface area (Å²) >= 11 is 0. The highest BCUT2D eigenvalue weighted by Crippen LogP contribution is 2.28. The second kappa shape index (κ2) is 7.35. The number of para-hydroxylation sites is 1. The number of rotatable bonds is 7. The van der Waals surface area contributed by atoms with Gasteiger partial charge in [-0.05, 0) is 31.5 Å². The van der Waals surface area contributed by atoms with Gasteiger partial charge in [0.15, 0.2) is 5.78 Å². The number of ether oxygens (including phenoxy) is 1. The van der Waals surface area contributed by atoms with Crippen molar-refractivity contribution in [1.82, 2.24) is 0 Å². The van der Waals surface area contributed by atoms with E-state index in [0.717, 1.165) is 41.6 Å². The van der Waals surface area contributed by atoms with Gasteiger partial charge in [-0.15, -0.1) is 0 Å². The minimum atomic E-state index is 0.0397. The van der Waals surface area contributed by atoms with Crippen molar-refractivity contribution in [2.75, 3.05) is 0 Å². The quantitative estimate of drug-likeness (QED) is 0.535. The van der Waals surface area contributed by atoms with E-state index < -0.39 is 0 Å². The molecule has 0 aliphatic rings. The third kappa shape index (κ3) is 3.51. The van der Waals surface area contributed by atoms with Gasteiger partial charge in [0.25, 0.3) is 0 Å². The van der Waals surface area contributed by atoms with Crippen LogP contribution in [-0.2, 0) is 13.0 Å². The van der Waals surface area contributed by atoms with E-state index in [1.165, 1.54) is 0 Å². The van der Waals surface area contributed by atoms with E-state index in [2.05, 4.69) is 13.0 Å². The van der Waals surface area contributed by atoms with Crippen LogP contribution in [0.25, 0.3) is 11.0 Å². The lowest BCUT2D eigenvalue weighted by atomic mass is 10.1. The van der Waals surface area contributed by atoms with Crippen LogP contribution in [0.15, 0.2) is 52.9 Å². The molecular formula is C21H22O3. The van der Waals surface area contributed by atoms with Crippen LogP contribution in [0.5, 0.6) is 5.75 Å². The van der Waals surface area contributed by atoms with E-state index in [9.17, 15) is 4.79 Å². The Kier molecular flexibility index (Phi) is 4.99. The number of Topliss-reactive ketones (excluding diaryl/α,β-unsaturated/α-hetero) is 1. The van der Waals surface area contributed by atoms with Crippen LogP contribution >= 0.6 is 0 Å². The average molecular weight is 322 g/mol. The van der Waals surface area contributed by atoms with Gasteiger partial charge in [0.2, 0.25) is 0 Å².